The first-order valence-corrected chi connectivity index (χ1v) is 8.60. The first-order valence-electron chi connectivity index (χ1n) is 7.40. The molecule has 0 N–H and O–H groups in total. The van der Waals surface area contributed by atoms with Crippen LogP contribution < -0.4 is 4.84 Å². The highest BCUT2D eigenvalue weighted by Gasteiger charge is 2.32. The fourth-order valence-electron chi connectivity index (χ4n) is 2.15. The van der Waals surface area contributed by atoms with Crippen LogP contribution in [0.3, 0.4) is 0 Å². The Balaban J connectivity index is 1.66. The van der Waals surface area contributed by atoms with Crippen LogP contribution in [-0.2, 0) is 0 Å². The Bertz CT molecular complexity index is 865. The first-order chi connectivity index (χ1) is 11.8. The molecule has 3 aromatic rings. The highest BCUT2D eigenvalue weighted by Crippen LogP contribution is 2.39. The molecule has 8 heteroatoms. The van der Waals surface area contributed by atoms with Gasteiger partial charge in [0, 0.05) is 36.3 Å². The predicted molar refractivity (Wildman–Crippen MR) is 92.3 cm³/mol. The lowest BCUT2D eigenvalue weighted by atomic mass is 10.2. The molecule has 1 fully saturated rings. The standard InChI is InChI=1S/C16H12ClN5OS/c17-14-13(24-15(21-14)11-3-1-6-18-9-11)12(10-4-5-10)22-23-16-19-7-2-8-20-16/h1-3,6-10H,4-5H2/b22-12+. The zero-order valence-electron chi connectivity index (χ0n) is 12.5. The van der Waals surface area contributed by atoms with Crippen molar-refractivity contribution in [3.63, 3.8) is 0 Å². The van der Waals surface area contributed by atoms with Gasteiger partial charge in [0.2, 0.25) is 0 Å². The summed E-state index contributed by atoms with van der Waals surface area (Å²) in [6.45, 7) is 0. The molecule has 1 aliphatic carbocycles. The third kappa shape index (κ3) is 3.27. The van der Waals surface area contributed by atoms with Crippen molar-refractivity contribution in [3.05, 3.63) is 53.0 Å². The second-order valence-electron chi connectivity index (χ2n) is 5.25. The van der Waals surface area contributed by atoms with Gasteiger partial charge in [0.15, 0.2) is 0 Å². The SMILES string of the molecule is Clc1nc(-c2cccnc2)sc1/C(=N/Oc1ncccn1)C1CC1. The summed E-state index contributed by atoms with van der Waals surface area (Å²) in [5.41, 5.74) is 1.73. The Morgan fingerprint density at radius 3 is 2.75 bits per heavy atom. The topological polar surface area (TPSA) is 73.2 Å². The second-order valence-corrected chi connectivity index (χ2v) is 6.61. The molecule has 3 heterocycles. The minimum Gasteiger partial charge on any atom is -0.315 e. The van der Waals surface area contributed by atoms with E-state index in [0.29, 0.717) is 11.1 Å². The summed E-state index contributed by atoms with van der Waals surface area (Å²) in [7, 11) is 0. The van der Waals surface area contributed by atoms with Gasteiger partial charge in [-0.2, -0.15) is 0 Å². The molecule has 4 rings (SSSR count). The van der Waals surface area contributed by atoms with Crippen molar-refractivity contribution >= 4 is 28.6 Å². The number of nitrogens with zero attached hydrogens (tertiary/aromatic N) is 5. The van der Waals surface area contributed by atoms with Gasteiger partial charge < -0.3 is 4.84 Å². The number of oxime groups is 1. The van der Waals surface area contributed by atoms with Crippen LogP contribution in [0.15, 0.2) is 48.1 Å². The van der Waals surface area contributed by atoms with E-state index in [1.165, 1.54) is 11.3 Å². The molecule has 0 spiro atoms. The van der Waals surface area contributed by atoms with Crippen LogP contribution >= 0.6 is 22.9 Å². The maximum Gasteiger partial charge on any atom is 0.345 e. The van der Waals surface area contributed by atoms with E-state index < -0.39 is 0 Å². The summed E-state index contributed by atoms with van der Waals surface area (Å²) in [6.07, 6.45) is 8.83. The van der Waals surface area contributed by atoms with Crippen molar-refractivity contribution in [3.8, 4) is 16.6 Å². The number of rotatable bonds is 5. The number of hydrogen-bond donors (Lipinski definition) is 0. The number of pyridine rings is 1. The van der Waals surface area contributed by atoms with Gasteiger partial charge in [-0.05, 0) is 31.0 Å². The van der Waals surface area contributed by atoms with Gasteiger partial charge in [0.1, 0.15) is 15.9 Å². The third-order valence-corrected chi connectivity index (χ3v) is 4.97. The minimum atomic E-state index is 0.212. The Labute approximate surface area is 147 Å². The lowest BCUT2D eigenvalue weighted by Gasteiger charge is -2.02. The largest absolute Gasteiger partial charge is 0.345 e. The average molecular weight is 358 g/mol. The summed E-state index contributed by atoms with van der Waals surface area (Å²) in [5.74, 6) is 0.341. The van der Waals surface area contributed by atoms with Crippen LogP contribution in [0.2, 0.25) is 5.15 Å². The Hall–Kier alpha value is -2.38. The zero-order chi connectivity index (χ0) is 16.4. The zero-order valence-corrected chi connectivity index (χ0v) is 14.0. The van der Waals surface area contributed by atoms with Crippen LogP contribution in [0.1, 0.15) is 17.7 Å². The molecular weight excluding hydrogens is 346 g/mol. The molecule has 0 unspecified atom stereocenters. The van der Waals surface area contributed by atoms with Gasteiger partial charge >= 0.3 is 6.01 Å². The quantitative estimate of drug-likeness (QED) is 0.512. The highest BCUT2D eigenvalue weighted by molar-refractivity contribution is 7.17. The normalized spacial score (nSPS) is 14.6. The molecule has 3 aromatic heterocycles. The van der Waals surface area contributed by atoms with E-state index in [9.17, 15) is 0 Å². The number of thiazole rings is 1. The van der Waals surface area contributed by atoms with Crippen molar-refractivity contribution < 1.29 is 4.84 Å². The molecule has 0 aliphatic heterocycles. The molecule has 0 radical (unpaired) electrons. The fraction of sp³-hybridized carbons (Fsp3) is 0.188. The summed E-state index contributed by atoms with van der Waals surface area (Å²) in [4.78, 5) is 22.8. The Morgan fingerprint density at radius 1 is 1.21 bits per heavy atom. The van der Waals surface area contributed by atoms with Crippen LogP contribution in [0.5, 0.6) is 6.01 Å². The van der Waals surface area contributed by atoms with E-state index in [1.54, 1.807) is 30.9 Å². The number of aromatic nitrogens is 4. The van der Waals surface area contributed by atoms with Crippen molar-refractivity contribution in [2.75, 3.05) is 0 Å². The van der Waals surface area contributed by atoms with Gasteiger partial charge in [-0.3, -0.25) is 4.98 Å². The van der Waals surface area contributed by atoms with E-state index in [-0.39, 0.29) is 6.01 Å². The molecule has 0 bridgehead atoms. The first kappa shape index (κ1) is 15.2. The lowest BCUT2D eigenvalue weighted by molar-refractivity contribution is 0.311. The molecule has 0 saturated heterocycles. The molecule has 0 aromatic carbocycles. The Morgan fingerprint density at radius 2 is 2.04 bits per heavy atom. The van der Waals surface area contributed by atoms with Crippen molar-refractivity contribution in [2.45, 2.75) is 12.8 Å². The van der Waals surface area contributed by atoms with Crippen LogP contribution in [-0.4, -0.2) is 25.6 Å². The van der Waals surface area contributed by atoms with E-state index >= 15 is 0 Å². The van der Waals surface area contributed by atoms with E-state index in [1.807, 2.05) is 12.1 Å². The third-order valence-electron chi connectivity index (χ3n) is 3.46. The molecule has 6 nitrogen and oxygen atoms in total. The van der Waals surface area contributed by atoms with Gasteiger partial charge in [0.25, 0.3) is 0 Å². The van der Waals surface area contributed by atoms with Crippen molar-refractivity contribution in [1.82, 2.24) is 19.9 Å². The molecule has 0 amide bonds. The van der Waals surface area contributed by atoms with Crippen molar-refractivity contribution in [2.24, 2.45) is 11.1 Å². The summed E-state index contributed by atoms with van der Waals surface area (Å²) in [6, 6.07) is 5.76. The molecular formula is C16H12ClN5OS. The maximum absolute atomic E-state index is 6.35. The van der Waals surface area contributed by atoms with E-state index in [4.69, 9.17) is 16.4 Å². The van der Waals surface area contributed by atoms with Gasteiger partial charge in [-0.25, -0.2) is 15.0 Å². The van der Waals surface area contributed by atoms with Crippen LogP contribution in [0.25, 0.3) is 10.6 Å². The Kier molecular flexibility index (Phi) is 4.18. The van der Waals surface area contributed by atoms with Gasteiger partial charge in [0.05, 0.1) is 4.88 Å². The fourth-order valence-corrected chi connectivity index (χ4v) is 3.51. The van der Waals surface area contributed by atoms with Crippen LogP contribution in [0.4, 0.5) is 0 Å². The number of halogens is 1. The van der Waals surface area contributed by atoms with Crippen molar-refractivity contribution in [1.29, 1.82) is 0 Å². The lowest BCUT2D eigenvalue weighted by Crippen LogP contribution is -2.05. The molecule has 120 valence electrons. The maximum atomic E-state index is 6.35. The van der Waals surface area contributed by atoms with Gasteiger partial charge in [-0.1, -0.05) is 16.8 Å². The monoisotopic (exact) mass is 357 g/mol. The number of hydrogen-bond acceptors (Lipinski definition) is 7. The molecule has 1 saturated carbocycles. The molecule has 24 heavy (non-hydrogen) atoms. The molecule has 1 aliphatic rings. The summed E-state index contributed by atoms with van der Waals surface area (Å²) < 4.78 is 0. The summed E-state index contributed by atoms with van der Waals surface area (Å²) in [5, 5.41) is 5.50. The summed E-state index contributed by atoms with van der Waals surface area (Å²) >= 11 is 7.84. The van der Waals surface area contributed by atoms with E-state index in [0.717, 1.165) is 34.0 Å². The minimum absolute atomic E-state index is 0.212. The average Bonchev–Trinajstić information content (AvgIpc) is 3.40. The highest BCUT2D eigenvalue weighted by atomic mass is 35.5. The van der Waals surface area contributed by atoms with Gasteiger partial charge in [-0.15, -0.1) is 11.3 Å². The second kappa shape index (κ2) is 6.62. The smallest absolute Gasteiger partial charge is 0.315 e. The van der Waals surface area contributed by atoms with E-state index in [2.05, 4.69) is 25.1 Å². The molecule has 0 atom stereocenters. The predicted octanol–water partition coefficient (Wildman–Crippen LogP) is 3.84. The van der Waals surface area contributed by atoms with Crippen LogP contribution in [0, 0.1) is 5.92 Å².